The first-order chi connectivity index (χ1) is 17.2. The Kier molecular flexibility index (Phi) is 5.05. The molecule has 176 valence electrons. The van der Waals surface area contributed by atoms with Gasteiger partial charge in [0.2, 0.25) is 0 Å². The number of benzene rings is 3. The van der Waals surface area contributed by atoms with Gasteiger partial charge in [-0.15, -0.1) is 0 Å². The largest absolute Gasteiger partial charge is 0.494 e. The molecule has 6 rings (SSSR count). The van der Waals surface area contributed by atoms with Crippen LogP contribution in [0.15, 0.2) is 83.5 Å². The Hall–Kier alpha value is -3.92. The molecule has 3 heterocycles. The van der Waals surface area contributed by atoms with Crippen molar-refractivity contribution < 1.29 is 13.7 Å². The van der Waals surface area contributed by atoms with Crippen LogP contribution in [0.3, 0.4) is 0 Å². The van der Waals surface area contributed by atoms with Crippen LogP contribution in [0.2, 0.25) is 0 Å². The molecule has 0 aliphatic carbocycles. The Labute approximate surface area is 210 Å². The lowest BCUT2D eigenvalue weighted by atomic mass is 9.76. The fourth-order valence-corrected chi connectivity index (χ4v) is 4.66. The third-order valence-corrected chi connectivity index (χ3v) is 7.41. The van der Waals surface area contributed by atoms with E-state index in [4.69, 9.17) is 13.7 Å². The zero-order valence-electron chi connectivity index (χ0n) is 20.7. The van der Waals surface area contributed by atoms with Crippen LogP contribution in [0, 0.1) is 11.3 Å². The maximum atomic E-state index is 9.25. The Bertz CT molecular complexity index is 1650. The van der Waals surface area contributed by atoms with Crippen molar-refractivity contribution in [2.45, 2.75) is 38.9 Å². The molecule has 1 saturated heterocycles. The van der Waals surface area contributed by atoms with E-state index >= 15 is 0 Å². The summed E-state index contributed by atoms with van der Waals surface area (Å²) < 4.78 is 18.9. The second-order valence-corrected chi connectivity index (χ2v) is 10.3. The van der Waals surface area contributed by atoms with E-state index in [1.807, 2.05) is 24.4 Å². The van der Waals surface area contributed by atoms with Gasteiger partial charge in [-0.25, -0.2) is 0 Å². The molecule has 1 fully saturated rings. The van der Waals surface area contributed by atoms with Crippen molar-refractivity contribution in [1.29, 1.82) is 5.26 Å². The minimum Gasteiger partial charge on any atom is -0.456 e. The molecule has 0 N–H and O–H groups in total. The number of hydrogen-bond acceptors (Lipinski definition) is 5. The zero-order valence-corrected chi connectivity index (χ0v) is 20.7. The van der Waals surface area contributed by atoms with Gasteiger partial charge in [-0.1, -0.05) is 24.3 Å². The normalized spacial score (nSPS) is 16.5. The molecule has 1 aliphatic rings. The van der Waals surface area contributed by atoms with Gasteiger partial charge in [-0.2, -0.15) is 5.26 Å². The number of rotatable bonds is 3. The fraction of sp³-hybridized carbons (Fsp3) is 0.200. The van der Waals surface area contributed by atoms with Gasteiger partial charge >= 0.3 is 7.12 Å². The summed E-state index contributed by atoms with van der Waals surface area (Å²) >= 11 is 0. The van der Waals surface area contributed by atoms with Crippen molar-refractivity contribution in [1.82, 2.24) is 4.98 Å². The van der Waals surface area contributed by atoms with Crippen LogP contribution in [-0.2, 0) is 9.31 Å². The number of fused-ring (bicyclic) bond motifs is 3. The summed E-state index contributed by atoms with van der Waals surface area (Å²) in [5.41, 5.74) is 6.26. The Morgan fingerprint density at radius 3 is 2.08 bits per heavy atom. The molecule has 0 saturated carbocycles. The number of furan rings is 1. The van der Waals surface area contributed by atoms with Gasteiger partial charge in [0.1, 0.15) is 11.2 Å². The summed E-state index contributed by atoms with van der Waals surface area (Å²) in [6.07, 6.45) is 3.64. The Balaban J connectivity index is 1.49. The molecule has 2 aromatic heterocycles. The summed E-state index contributed by atoms with van der Waals surface area (Å²) in [6, 6.07) is 24.3. The Morgan fingerprint density at radius 1 is 0.750 bits per heavy atom. The number of hydrogen-bond donors (Lipinski definition) is 0. The smallest absolute Gasteiger partial charge is 0.456 e. The minimum atomic E-state index is -0.482. The van der Waals surface area contributed by atoms with E-state index < -0.39 is 18.3 Å². The highest BCUT2D eigenvalue weighted by molar-refractivity contribution is 6.62. The first kappa shape index (κ1) is 22.5. The average Bonchev–Trinajstić information content (AvgIpc) is 3.35. The predicted molar refractivity (Wildman–Crippen MR) is 143 cm³/mol. The first-order valence-electron chi connectivity index (χ1n) is 12.0. The number of nitrogens with zero attached hydrogens (tertiary/aromatic N) is 2. The molecular weight excluding hydrogens is 447 g/mol. The van der Waals surface area contributed by atoms with E-state index in [2.05, 4.69) is 81.2 Å². The van der Waals surface area contributed by atoms with Crippen LogP contribution in [0.1, 0.15) is 33.3 Å². The molecule has 0 unspecified atom stereocenters. The molecule has 5 nitrogen and oxygen atoms in total. The second kappa shape index (κ2) is 8.06. The molecule has 0 amide bonds. The van der Waals surface area contributed by atoms with E-state index in [-0.39, 0.29) is 0 Å². The van der Waals surface area contributed by atoms with Crippen molar-refractivity contribution in [2.75, 3.05) is 0 Å². The summed E-state index contributed by atoms with van der Waals surface area (Å²) in [4.78, 5) is 4.32. The zero-order chi connectivity index (χ0) is 25.1. The number of nitriles is 1. The van der Waals surface area contributed by atoms with Crippen LogP contribution in [0.5, 0.6) is 0 Å². The van der Waals surface area contributed by atoms with Gasteiger partial charge in [-0.05, 0) is 97.9 Å². The van der Waals surface area contributed by atoms with Gasteiger partial charge in [0.15, 0.2) is 0 Å². The summed E-state index contributed by atoms with van der Waals surface area (Å²) in [5.74, 6) is 0. The van der Waals surface area contributed by atoms with Crippen LogP contribution in [-0.4, -0.2) is 23.3 Å². The molecule has 5 aromatic rings. The standard InChI is InChI=1S/C30H25BN2O3/c1-29(2)30(3,4)36-31(35-29)24-14-22(13-23(15-24)21-6-5-11-33-18-21)20-8-10-26-25-9-7-19(17-32)12-27(25)34-28(26)16-20/h5-16,18H,1-4H3. The van der Waals surface area contributed by atoms with Crippen molar-refractivity contribution >= 4 is 34.5 Å². The molecule has 0 bridgehead atoms. The summed E-state index contributed by atoms with van der Waals surface area (Å²) in [6.45, 7) is 8.25. The van der Waals surface area contributed by atoms with Crippen LogP contribution in [0.4, 0.5) is 0 Å². The molecule has 1 aliphatic heterocycles. The third-order valence-electron chi connectivity index (χ3n) is 7.41. The molecule has 6 heteroatoms. The van der Waals surface area contributed by atoms with Gasteiger partial charge in [0, 0.05) is 23.2 Å². The van der Waals surface area contributed by atoms with Gasteiger partial charge in [0.05, 0.1) is 22.8 Å². The monoisotopic (exact) mass is 472 g/mol. The lowest BCUT2D eigenvalue weighted by molar-refractivity contribution is 0.00578. The highest BCUT2D eigenvalue weighted by atomic mass is 16.7. The molecule has 0 spiro atoms. The van der Waals surface area contributed by atoms with E-state index in [0.717, 1.165) is 44.1 Å². The lowest BCUT2D eigenvalue weighted by Crippen LogP contribution is -2.41. The predicted octanol–water partition coefficient (Wildman–Crippen LogP) is 6.49. The van der Waals surface area contributed by atoms with Crippen molar-refractivity contribution in [2.24, 2.45) is 0 Å². The molecule has 0 atom stereocenters. The van der Waals surface area contributed by atoms with E-state index in [1.54, 1.807) is 12.3 Å². The fourth-order valence-electron chi connectivity index (χ4n) is 4.66. The van der Waals surface area contributed by atoms with Gasteiger partial charge < -0.3 is 13.7 Å². The highest BCUT2D eigenvalue weighted by Gasteiger charge is 2.51. The summed E-state index contributed by atoms with van der Waals surface area (Å²) in [7, 11) is -0.482. The van der Waals surface area contributed by atoms with Crippen LogP contribution in [0.25, 0.3) is 44.2 Å². The van der Waals surface area contributed by atoms with Crippen molar-refractivity contribution in [3.63, 3.8) is 0 Å². The van der Waals surface area contributed by atoms with Crippen molar-refractivity contribution in [3.05, 3.63) is 84.7 Å². The summed E-state index contributed by atoms with van der Waals surface area (Å²) in [5, 5.41) is 11.3. The van der Waals surface area contributed by atoms with Crippen LogP contribution >= 0.6 is 0 Å². The van der Waals surface area contributed by atoms with E-state index in [9.17, 15) is 5.26 Å². The maximum absolute atomic E-state index is 9.25. The Morgan fingerprint density at radius 2 is 1.42 bits per heavy atom. The third kappa shape index (κ3) is 3.69. The van der Waals surface area contributed by atoms with Gasteiger partial charge in [-0.3, -0.25) is 4.98 Å². The highest BCUT2D eigenvalue weighted by Crippen LogP contribution is 2.38. The number of pyridine rings is 1. The molecule has 3 aromatic carbocycles. The lowest BCUT2D eigenvalue weighted by Gasteiger charge is -2.32. The first-order valence-corrected chi connectivity index (χ1v) is 12.0. The molecule has 36 heavy (non-hydrogen) atoms. The topological polar surface area (TPSA) is 68.3 Å². The average molecular weight is 472 g/mol. The minimum absolute atomic E-state index is 0.433. The SMILES string of the molecule is CC1(C)OB(c2cc(-c3cccnc3)cc(-c3ccc4c(c3)oc3cc(C#N)ccc34)c2)OC1(C)C. The second-order valence-electron chi connectivity index (χ2n) is 10.3. The number of aromatic nitrogens is 1. The van der Waals surface area contributed by atoms with E-state index in [1.165, 1.54) is 0 Å². The molecule has 0 radical (unpaired) electrons. The van der Waals surface area contributed by atoms with E-state index in [0.29, 0.717) is 11.1 Å². The van der Waals surface area contributed by atoms with Crippen molar-refractivity contribution in [3.8, 4) is 28.3 Å². The molecular formula is C30H25BN2O3. The quantitative estimate of drug-likeness (QED) is 0.281. The maximum Gasteiger partial charge on any atom is 0.494 e. The van der Waals surface area contributed by atoms with Gasteiger partial charge in [0.25, 0.3) is 0 Å². The van der Waals surface area contributed by atoms with Crippen LogP contribution < -0.4 is 5.46 Å².